The summed E-state index contributed by atoms with van der Waals surface area (Å²) in [6.07, 6.45) is 0. The standard InChI is InChI=1S/C16H16N6S/c1-10-9-11(2)21(19-10)15-17-18-16-22(15)20-14(12(3)23-16)13-7-5-4-6-8-13/h4-9,12H,1-3H3/t12-/m1/s1. The lowest BCUT2D eigenvalue weighted by Crippen LogP contribution is -2.22. The van der Waals surface area contributed by atoms with Crippen molar-refractivity contribution >= 4 is 17.5 Å². The Balaban J connectivity index is 1.86. The molecule has 1 aromatic carbocycles. The summed E-state index contributed by atoms with van der Waals surface area (Å²) < 4.78 is 3.57. The summed E-state index contributed by atoms with van der Waals surface area (Å²) >= 11 is 1.66. The lowest BCUT2D eigenvalue weighted by atomic mass is 10.1. The number of rotatable bonds is 2. The van der Waals surface area contributed by atoms with Crippen molar-refractivity contribution in [2.75, 3.05) is 0 Å². The number of nitrogens with zero attached hydrogens (tertiary/aromatic N) is 6. The van der Waals surface area contributed by atoms with Crippen LogP contribution in [0.15, 0.2) is 46.7 Å². The van der Waals surface area contributed by atoms with Gasteiger partial charge in [0.15, 0.2) is 0 Å². The first-order chi connectivity index (χ1) is 11.1. The van der Waals surface area contributed by atoms with Crippen molar-refractivity contribution in [2.24, 2.45) is 5.10 Å². The van der Waals surface area contributed by atoms with Gasteiger partial charge in [0, 0.05) is 5.69 Å². The van der Waals surface area contributed by atoms with Gasteiger partial charge in [-0.3, -0.25) is 0 Å². The molecule has 0 radical (unpaired) electrons. The van der Waals surface area contributed by atoms with Gasteiger partial charge >= 0.3 is 0 Å². The highest BCUT2D eigenvalue weighted by Crippen LogP contribution is 2.30. The fourth-order valence-electron chi connectivity index (χ4n) is 2.69. The van der Waals surface area contributed by atoms with E-state index < -0.39 is 0 Å². The van der Waals surface area contributed by atoms with Gasteiger partial charge in [-0.1, -0.05) is 42.1 Å². The fourth-order valence-corrected chi connectivity index (χ4v) is 3.61. The fraction of sp³-hybridized carbons (Fsp3) is 0.250. The topological polar surface area (TPSA) is 60.9 Å². The Kier molecular flexibility index (Phi) is 3.30. The number of aryl methyl sites for hydroxylation is 2. The maximum atomic E-state index is 4.81. The second kappa shape index (κ2) is 5.34. The van der Waals surface area contributed by atoms with Crippen LogP contribution in [0.5, 0.6) is 0 Å². The van der Waals surface area contributed by atoms with Gasteiger partial charge in [0.05, 0.1) is 16.7 Å². The average Bonchev–Trinajstić information content (AvgIpc) is 3.09. The normalized spacial score (nSPS) is 17.0. The molecule has 1 aliphatic heterocycles. The highest BCUT2D eigenvalue weighted by atomic mass is 32.2. The van der Waals surface area contributed by atoms with E-state index in [-0.39, 0.29) is 5.25 Å². The van der Waals surface area contributed by atoms with Gasteiger partial charge in [-0.15, -0.1) is 10.2 Å². The van der Waals surface area contributed by atoms with Crippen molar-refractivity contribution in [2.45, 2.75) is 31.2 Å². The largest absolute Gasteiger partial charge is 0.274 e. The molecule has 0 saturated carbocycles. The molecule has 0 N–H and O–H groups in total. The minimum atomic E-state index is 0.224. The van der Waals surface area contributed by atoms with Crippen molar-refractivity contribution < 1.29 is 0 Å². The van der Waals surface area contributed by atoms with E-state index >= 15 is 0 Å². The van der Waals surface area contributed by atoms with E-state index in [0.29, 0.717) is 5.95 Å². The molecule has 116 valence electrons. The van der Waals surface area contributed by atoms with Crippen LogP contribution in [0.4, 0.5) is 0 Å². The first-order valence-electron chi connectivity index (χ1n) is 7.43. The maximum Gasteiger partial charge on any atom is 0.274 e. The number of fused-ring (bicyclic) bond motifs is 1. The van der Waals surface area contributed by atoms with Gasteiger partial charge in [-0.05, 0) is 32.4 Å². The highest BCUT2D eigenvalue weighted by molar-refractivity contribution is 8.00. The number of thioether (sulfide) groups is 1. The highest BCUT2D eigenvalue weighted by Gasteiger charge is 2.26. The minimum absolute atomic E-state index is 0.224. The molecule has 1 aliphatic rings. The quantitative estimate of drug-likeness (QED) is 0.727. The summed E-state index contributed by atoms with van der Waals surface area (Å²) in [6.45, 7) is 6.10. The Morgan fingerprint density at radius 2 is 1.87 bits per heavy atom. The third kappa shape index (κ3) is 2.37. The first-order valence-corrected chi connectivity index (χ1v) is 8.31. The Labute approximate surface area is 138 Å². The zero-order valence-corrected chi connectivity index (χ0v) is 13.9. The molecule has 1 atom stereocenters. The molecule has 2 aromatic heterocycles. The van der Waals surface area contributed by atoms with E-state index in [1.165, 1.54) is 0 Å². The van der Waals surface area contributed by atoms with E-state index in [4.69, 9.17) is 5.10 Å². The first kappa shape index (κ1) is 14.2. The van der Waals surface area contributed by atoms with E-state index in [1.807, 2.05) is 38.1 Å². The van der Waals surface area contributed by atoms with Crippen LogP contribution in [0.2, 0.25) is 0 Å². The van der Waals surface area contributed by atoms with Crippen molar-refractivity contribution in [1.29, 1.82) is 0 Å². The Bertz CT molecular complexity index is 893. The van der Waals surface area contributed by atoms with Crippen molar-refractivity contribution in [1.82, 2.24) is 24.7 Å². The molecule has 0 spiro atoms. The molecule has 4 rings (SSSR count). The van der Waals surface area contributed by atoms with Crippen LogP contribution in [-0.2, 0) is 0 Å². The zero-order chi connectivity index (χ0) is 16.0. The zero-order valence-electron chi connectivity index (χ0n) is 13.1. The van der Waals surface area contributed by atoms with E-state index in [0.717, 1.165) is 27.8 Å². The van der Waals surface area contributed by atoms with Gasteiger partial charge in [0.25, 0.3) is 5.95 Å². The lowest BCUT2D eigenvalue weighted by molar-refractivity contribution is 0.678. The molecule has 3 aromatic rings. The summed E-state index contributed by atoms with van der Waals surface area (Å²) in [4.78, 5) is 0. The number of aromatic nitrogens is 5. The van der Waals surface area contributed by atoms with Crippen LogP contribution >= 0.6 is 11.8 Å². The molecule has 3 heterocycles. The molecule has 0 saturated heterocycles. The third-order valence-corrected chi connectivity index (χ3v) is 4.78. The van der Waals surface area contributed by atoms with E-state index in [2.05, 4.69) is 34.4 Å². The van der Waals surface area contributed by atoms with Gasteiger partial charge in [-0.2, -0.15) is 14.9 Å². The number of hydrogen-bond donors (Lipinski definition) is 0. The van der Waals surface area contributed by atoms with Gasteiger partial charge in [-0.25, -0.2) is 4.68 Å². The SMILES string of the molecule is Cc1cc(C)n(-c2nnc3n2N=C(c2ccccc2)[C@@H](C)S3)n1. The van der Waals surface area contributed by atoms with E-state index in [1.54, 1.807) is 21.1 Å². The Hall–Kier alpha value is -2.41. The average molecular weight is 324 g/mol. The molecule has 0 fully saturated rings. The van der Waals surface area contributed by atoms with Crippen LogP contribution in [0.1, 0.15) is 23.9 Å². The number of hydrogen-bond acceptors (Lipinski definition) is 5. The van der Waals surface area contributed by atoms with Crippen molar-refractivity contribution in [3.63, 3.8) is 0 Å². The van der Waals surface area contributed by atoms with Crippen LogP contribution in [0, 0.1) is 13.8 Å². The summed E-state index contributed by atoms with van der Waals surface area (Å²) in [6, 6.07) is 12.2. The smallest absolute Gasteiger partial charge is 0.202 e. The van der Waals surface area contributed by atoms with Crippen LogP contribution in [0.3, 0.4) is 0 Å². The predicted octanol–water partition coefficient (Wildman–Crippen LogP) is 2.83. The molecule has 0 bridgehead atoms. The van der Waals surface area contributed by atoms with Crippen LogP contribution in [0.25, 0.3) is 5.95 Å². The maximum absolute atomic E-state index is 4.81. The summed E-state index contributed by atoms with van der Waals surface area (Å²) in [5, 5.41) is 18.9. The van der Waals surface area contributed by atoms with E-state index in [9.17, 15) is 0 Å². The molecule has 0 amide bonds. The van der Waals surface area contributed by atoms with Crippen molar-refractivity contribution in [3.05, 3.63) is 53.3 Å². The molecule has 6 nitrogen and oxygen atoms in total. The molecule has 0 unspecified atom stereocenters. The second-order valence-electron chi connectivity index (χ2n) is 5.54. The third-order valence-electron chi connectivity index (χ3n) is 3.74. The predicted molar refractivity (Wildman–Crippen MR) is 90.3 cm³/mol. The van der Waals surface area contributed by atoms with Crippen LogP contribution in [-0.4, -0.2) is 35.6 Å². The monoisotopic (exact) mass is 324 g/mol. The summed E-state index contributed by atoms with van der Waals surface area (Å²) in [5.74, 6) is 0.624. The van der Waals surface area contributed by atoms with Gasteiger partial charge < -0.3 is 0 Å². The Morgan fingerprint density at radius 1 is 1.09 bits per heavy atom. The lowest BCUT2D eigenvalue weighted by Gasteiger charge is -2.19. The molecule has 0 aliphatic carbocycles. The second-order valence-corrected chi connectivity index (χ2v) is 6.85. The molecule has 7 heteroatoms. The van der Waals surface area contributed by atoms with Gasteiger partial charge in [0.2, 0.25) is 5.16 Å². The summed E-state index contributed by atoms with van der Waals surface area (Å²) in [7, 11) is 0. The summed E-state index contributed by atoms with van der Waals surface area (Å²) in [5.41, 5.74) is 4.10. The minimum Gasteiger partial charge on any atom is -0.202 e. The van der Waals surface area contributed by atoms with Gasteiger partial charge in [0.1, 0.15) is 0 Å². The van der Waals surface area contributed by atoms with Crippen molar-refractivity contribution in [3.8, 4) is 5.95 Å². The number of benzene rings is 1. The molecular weight excluding hydrogens is 308 g/mol. The Morgan fingerprint density at radius 3 is 2.57 bits per heavy atom. The van der Waals surface area contributed by atoms with Crippen LogP contribution < -0.4 is 0 Å². The molecular formula is C16H16N6S. The molecule has 23 heavy (non-hydrogen) atoms.